The number of halogens is 1. The molecule has 0 saturated carbocycles. The topological polar surface area (TPSA) is 71.5 Å². The lowest BCUT2D eigenvalue weighted by Crippen LogP contribution is -2.45. The molecule has 1 unspecified atom stereocenters. The zero-order valence-corrected chi connectivity index (χ0v) is 14.6. The molecule has 2 heterocycles. The molecule has 3 rings (SSSR count). The number of anilines is 1. The molecule has 1 aromatic heterocycles. The SMILES string of the molecule is CC(NC(=O)CN1C(=O)COc2cc(Br)ccc21)c1ccccn1. The van der Waals surface area contributed by atoms with Gasteiger partial charge in [0.15, 0.2) is 6.61 Å². The number of pyridine rings is 1. The van der Waals surface area contributed by atoms with E-state index in [1.807, 2.05) is 31.2 Å². The summed E-state index contributed by atoms with van der Waals surface area (Å²) < 4.78 is 6.27. The maximum absolute atomic E-state index is 12.3. The van der Waals surface area contributed by atoms with Crippen LogP contribution in [-0.2, 0) is 9.59 Å². The second-order valence-corrected chi connectivity index (χ2v) is 6.34. The standard InChI is InChI=1S/C17H16BrN3O3/c1-11(13-4-2-3-7-19-13)20-16(22)9-21-14-6-5-12(18)8-15(14)24-10-17(21)23/h2-8,11H,9-10H2,1H3,(H,20,22). The van der Waals surface area contributed by atoms with Gasteiger partial charge in [0.05, 0.1) is 17.4 Å². The molecule has 7 heteroatoms. The molecule has 0 saturated heterocycles. The predicted molar refractivity (Wildman–Crippen MR) is 92.8 cm³/mol. The largest absolute Gasteiger partial charge is 0.482 e. The van der Waals surface area contributed by atoms with Crippen molar-refractivity contribution in [1.29, 1.82) is 0 Å². The summed E-state index contributed by atoms with van der Waals surface area (Å²) in [6.45, 7) is 1.72. The number of nitrogens with zero attached hydrogens (tertiary/aromatic N) is 2. The molecule has 1 aromatic carbocycles. The number of ether oxygens (including phenoxy) is 1. The predicted octanol–water partition coefficient (Wildman–Crippen LogP) is 2.45. The highest BCUT2D eigenvalue weighted by Crippen LogP contribution is 2.34. The van der Waals surface area contributed by atoms with E-state index in [1.54, 1.807) is 18.3 Å². The summed E-state index contributed by atoms with van der Waals surface area (Å²) in [5, 5.41) is 2.86. The van der Waals surface area contributed by atoms with Crippen LogP contribution < -0.4 is 15.0 Å². The fraction of sp³-hybridized carbons (Fsp3) is 0.235. The maximum Gasteiger partial charge on any atom is 0.265 e. The molecule has 124 valence electrons. The van der Waals surface area contributed by atoms with Crippen LogP contribution in [0, 0.1) is 0 Å². The number of hydrogen-bond donors (Lipinski definition) is 1. The van der Waals surface area contributed by atoms with Crippen LogP contribution in [0.5, 0.6) is 5.75 Å². The summed E-state index contributed by atoms with van der Waals surface area (Å²) in [6, 6.07) is 10.6. The van der Waals surface area contributed by atoms with Gasteiger partial charge in [0, 0.05) is 10.7 Å². The van der Waals surface area contributed by atoms with Gasteiger partial charge in [0.25, 0.3) is 5.91 Å². The lowest BCUT2D eigenvalue weighted by atomic mass is 10.2. The fourth-order valence-electron chi connectivity index (χ4n) is 2.49. The van der Waals surface area contributed by atoms with Crippen molar-refractivity contribution in [2.24, 2.45) is 0 Å². The number of benzene rings is 1. The molecule has 2 aromatic rings. The minimum Gasteiger partial charge on any atom is -0.482 e. The second kappa shape index (κ2) is 7.00. The van der Waals surface area contributed by atoms with Crippen molar-refractivity contribution in [3.63, 3.8) is 0 Å². The molecule has 24 heavy (non-hydrogen) atoms. The lowest BCUT2D eigenvalue weighted by molar-refractivity contribution is -0.125. The van der Waals surface area contributed by atoms with Crippen LogP contribution in [0.15, 0.2) is 47.1 Å². The van der Waals surface area contributed by atoms with Crippen molar-refractivity contribution in [2.75, 3.05) is 18.1 Å². The Bertz CT molecular complexity index is 767. The number of aromatic nitrogens is 1. The summed E-state index contributed by atoms with van der Waals surface area (Å²) in [6.07, 6.45) is 1.68. The highest BCUT2D eigenvalue weighted by atomic mass is 79.9. The van der Waals surface area contributed by atoms with Crippen molar-refractivity contribution in [1.82, 2.24) is 10.3 Å². The van der Waals surface area contributed by atoms with Gasteiger partial charge in [-0.25, -0.2) is 0 Å². The Hall–Kier alpha value is -2.41. The lowest BCUT2D eigenvalue weighted by Gasteiger charge is -2.29. The summed E-state index contributed by atoms with van der Waals surface area (Å²) in [5.74, 6) is 0.0808. The molecule has 0 bridgehead atoms. The van der Waals surface area contributed by atoms with E-state index in [2.05, 4.69) is 26.2 Å². The van der Waals surface area contributed by atoms with E-state index in [4.69, 9.17) is 4.74 Å². The Balaban J connectivity index is 1.71. The van der Waals surface area contributed by atoms with Crippen LogP contribution in [0.2, 0.25) is 0 Å². The van der Waals surface area contributed by atoms with E-state index in [9.17, 15) is 9.59 Å². The van der Waals surface area contributed by atoms with Gasteiger partial charge in [-0.3, -0.25) is 19.5 Å². The summed E-state index contributed by atoms with van der Waals surface area (Å²) in [5.41, 5.74) is 1.36. The van der Waals surface area contributed by atoms with E-state index >= 15 is 0 Å². The van der Waals surface area contributed by atoms with Crippen LogP contribution in [0.25, 0.3) is 0 Å². The van der Waals surface area contributed by atoms with Crippen molar-refractivity contribution in [3.8, 4) is 5.75 Å². The van der Waals surface area contributed by atoms with E-state index < -0.39 is 0 Å². The summed E-state index contributed by atoms with van der Waals surface area (Å²) >= 11 is 3.37. The van der Waals surface area contributed by atoms with Crippen molar-refractivity contribution < 1.29 is 14.3 Å². The number of rotatable bonds is 4. The van der Waals surface area contributed by atoms with Gasteiger partial charge in [-0.1, -0.05) is 22.0 Å². The number of carbonyl (C=O) groups excluding carboxylic acids is 2. The number of hydrogen-bond acceptors (Lipinski definition) is 4. The van der Waals surface area contributed by atoms with E-state index in [1.165, 1.54) is 4.90 Å². The van der Waals surface area contributed by atoms with Crippen molar-refractivity contribution in [2.45, 2.75) is 13.0 Å². The Labute approximate surface area is 148 Å². The van der Waals surface area contributed by atoms with Gasteiger partial charge in [0.2, 0.25) is 5.91 Å². The molecule has 0 fully saturated rings. The fourth-order valence-corrected chi connectivity index (χ4v) is 2.83. The maximum atomic E-state index is 12.3. The first-order valence-corrected chi connectivity index (χ1v) is 8.27. The van der Waals surface area contributed by atoms with Crippen LogP contribution in [-0.4, -0.2) is 29.9 Å². The number of carbonyl (C=O) groups is 2. The van der Waals surface area contributed by atoms with Crippen LogP contribution in [0.4, 0.5) is 5.69 Å². The van der Waals surface area contributed by atoms with Gasteiger partial charge >= 0.3 is 0 Å². The Morgan fingerprint density at radius 1 is 1.42 bits per heavy atom. The molecule has 1 atom stereocenters. The highest BCUT2D eigenvalue weighted by Gasteiger charge is 2.27. The average Bonchev–Trinajstić information content (AvgIpc) is 2.58. The summed E-state index contributed by atoms with van der Waals surface area (Å²) in [7, 11) is 0. The molecule has 2 amide bonds. The van der Waals surface area contributed by atoms with E-state index in [0.717, 1.165) is 10.2 Å². The minimum absolute atomic E-state index is 0.0615. The zero-order valence-electron chi connectivity index (χ0n) is 13.0. The molecular formula is C17H16BrN3O3. The first-order chi connectivity index (χ1) is 11.5. The average molecular weight is 390 g/mol. The Kier molecular flexibility index (Phi) is 4.80. The third kappa shape index (κ3) is 3.56. The highest BCUT2D eigenvalue weighted by molar-refractivity contribution is 9.10. The molecule has 1 aliphatic rings. The quantitative estimate of drug-likeness (QED) is 0.871. The van der Waals surface area contributed by atoms with E-state index in [0.29, 0.717) is 11.4 Å². The third-order valence-electron chi connectivity index (χ3n) is 3.68. The summed E-state index contributed by atoms with van der Waals surface area (Å²) in [4.78, 5) is 30.1. The normalized spacial score (nSPS) is 14.6. The van der Waals surface area contributed by atoms with Gasteiger partial charge in [0.1, 0.15) is 12.3 Å². The van der Waals surface area contributed by atoms with E-state index in [-0.39, 0.29) is 31.0 Å². The van der Waals surface area contributed by atoms with Crippen molar-refractivity contribution in [3.05, 3.63) is 52.8 Å². The van der Waals surface area contributed by atoms with Gasteiger partial charge in [-0.2, -0.15) is 0 Å². The minimum atomic E-state index is -0.253. The smallest absolute Gasteiger partial charge is 0.265 e. The molecule has 6 nitrogen and oxygen atoms in total. The number of amides is 2. The Morgan fingerprint density at radius 2 is 2.25 bits per heavy atom. The molecule has 1 aliphatic heterocycles. The zero-order chi connectivity index (χ0) is 17.1. The second-order valence-electron chi connectivity index (χ2n) is 5.42. The van der Waals surface area contributed by atoms with Gasteiger partial charge in [-0.15, -0.1) is 0 Å². The van der Waals surface area contributed by atoms with Gasteiger partial charge in [-0.05, 0) is 37.3 Å². The Morgan fingerprint density at radius 3 is 3.00 bits per heavy atom. The molecular weight excluding hydrogens is 374 g/mol. The van der Waals surface area contributed by atoms with Crippen LogP contribution in [0.1, 0.15) is 18.7 Å². The molecule has 0 aliphatic carbocycles. The molecule has 1 N–H and O–H groups in total. The molecule has 0 radical (unpaired) electrons. The number of fused-ring (bicyclic) bond motifs is 1. The van der Waals surface area contributed by atoms with Gasteiger partial charge < -0.3 is 10.1 Å². The van der Waals surface area contributed by atoms with Crippen LogP contribution in [0.3, 0.4) is 0 Å². The first kappa shape index (κ1) is 16.4. The third-order valence-corrected chi connectivity index (χ3v) is 4.17. The van der Waals surface area contributed by atoms with Crippen LogP contribution >= 0.6 is 15.9 Å². The monoisotopic (exact) mass is 389 g/mol. The number of nitrogens with one attached hydrogen (secondary N) is 1. The first-order valence-electron chi connectivity index (χ1n) is 7.47. The van der Waals surface area contributed by atoms with Crippen molar-refractivity contribution >= 4 is 33.4 Å². The molecule has 0 spiro atoms.